The van der Waals surface area contributed by atoms with Gasteiger partial charge in [0.15, 0.2) is 0 Å². The predicted molar refractivity (Wildman–Crippen MR) is 129 cm³/mol. The highest BCUT2D eigenvalue weighted by atomic mass is 16.5. The van der Waals surface area contributed by atoms with E-state index in [-0.39, 0.29) is 36.8 Å². The second kappa shape index (κ2) is 9.10. The summed E-state index contributed by atoms with van der Waals surface area (Å²) in [5, 5.41) is 15.1. The molecule has 0 radical (unpaired) electrons. The standard InChI is InChI=1S/C28H28N2O5/c1-2-3-12-24(25(31)29-18-13-17-14-28(17,15-18)26(32)33)30-27(34)35-16-23-21-10-6-4-8-19(21)20-9-5-7-11-22(20)23/h4-11,17-18,23-24H,12-16H2,1H3,(H,29,31)(H,30,34)(H,32,33)/t17-,18+,24?,28+/m0/s1. The molecule has 0 spiro atoms. The normalized spacial score (nSPS) is 24.1. The van der Waals surface area contributed by atoms with Crippen molar-refractivity contribution in [3.63, 3.8) is 0 Å². The Bertz CT molecular complexity index is 1200. The number of benzene rings is 2. The number of aliphatic carboxylic acids is 1. The van der Waals surface area contributed by atoms with Gasteiger partial charge in [0.2, 0.25) is 5.91 Å². The average Bonchev–Trinajstić information content (AvgIpc) is 3.28. The molecule has 2 saturated carbocycles. The van der Waals surface area contributed by atoms with Gasteiger partial charge in [0.05, 0.1) is 5.41 Å². The quantitative estimate of drug-likeness (QED) is 0.534. The summed E-state index contributed by atoms with van der Waals surface area (Å²) in [5.41, 5.74) is 3.82. The summed E-state index contributed by atoms with van der Waals surface area (Å²) in [4.78, 5) is 37.2. The monoisotopic (exact) mass is 472 g/mol. The van der Waals surface area contributed by atoms with Crippen LogP contribution in [0.15, 0.2) is 48.5 Å². The molecule has 35 heavy (non-hydrogen) atoms. The lowest BCUT2D eigenvalue weighted by atomic mass is 9.98. The van der Waals surface area contributed by atoms with Crippen LogP contribution >= 0.6 is 0 Å². The van der Waals surface area contributed by atoms with Crippen molar-refractivity contribution in [2.45, 2.75) is 50.6 Å². The number of amides is 2. The zero-order chi connectivity index (χ0) is 24.6. The van der Waals surface area contributed by atoms with Crippen LogP contribution in [0, 0.1) is 23.2 Å². The van der Waals surface area contributed by atoms with Crippen LogP contribution in [0.2, 0.25) is 0 Å². The molecule has 0 aliphatic heterocycles. The van der Waals surface area contributed by atoms with Crippen LogP contribution < -0.4 is 10.6 Å². The van der Waals surface area contributed by atoms with Crippen LogP contribution in [0.3, 0.4) is 0 Å². The molecule has 3 aliphatic carbocycles. The van der Waals surface area contributed by atoms with Gasteiger partial charge in [-0.25, -0.2) is 4.79 Å². The van der Waals surface area contributed by atoms with Crippen molar-refractivity contribution in [3.8, 4) is 23.0 Å². The van der Waals surface area contributed by atoms with Gasteiger partial charge >= 0.3 is 12.1 Å². The largest absolute Gasteiger partial charge is 0.481 e. The van der Waals surface area contributed by atoms with E-state index in [9.17, 15) is 19.5 Å². The van der Waals surface area contributed by atoms with Gasteiger partial charge in [-0.3, -0.25) is 9.59 Å². The van der Waals surface area contributed by atoms with Gasteiger partial charge in [-0.2, -0.15) is 0 Å². The fourth-order valence-corrected chi connectivity index (χ4v) is 5.76. The maximum atomic E-state index is 12.9. The lowest BCUT2D eigenvalue weighted by molar-refractivity contribution is -0.143. The van der Waals surface area contributed by atoms with Crippen molar-refractivity contribution in [2.75, 3.05) is 6.61 Å². The molecule has 0 heterocycles. The number of nitrogens with one attached hydrogen (secondary N) is 2. The molecule has 5 rings (SSSR count). The first-order valence-corrected chi connectivity index (χ1v) is 12.0. The van der Waals surface area contributed by atoms with Crippen LogP contribution in [0.25, 0.3) is 11.1 Å². The van der Waals surface area contributed by atoms with Crippen molar-refractivity contribution in [1.29, 1.82) is 0 Å². The van der Waals surface area contributed by atoms with Gasteiger partial charge in [-0.15, -0.1) is 11.8 Å². The number of hydrogen-bond acceptors (Lipinski definition) is 4. The summed E-state index contributed by atoms with van der Waals surface area (Å²) >= 11 is 0. The molecule has 2 fully saturated rings. The van der Waals surface area contributed by atoms with Crippen molar-refractivity contribution in [3.05, 3.63) is 59.7 Å². The highest BCUT2D eigenvalue weighted by Crippen LogP contribution is 2.63. The highest BCUT2D eigenvalue weighted by molar-refractivity contribution is 5.87. The molecule has 3 aliphatic rings. The van der Waals surface area contributed by atoms with E-state index in [0.717, 1.165) is 22.3 Å². The Kier molecular flexibility index (Phi) is 5.98. The molecule has 7 heteroatoms. The molecule has 0 aromatic heterocycles. The average molecular weight is 473 g/mol. The predicted octanol–water partition coefficient (Wildman–Crippen LogP) is 3.68. The SMILES string of the molecule is CC#CCC(NC(=O)OCC1c2ccccc2-c2ccccc21)C(=O)N[C@@H]1C[C@H]2C[C@@]2(C(=O)O)C1. The summed E-state index contributed by atoms with van der Waals surface area (Å²) in [6.07, 6.45) is 1.22. The third-order valence-corrected chi connectivity index (χ3v) is 7.62. The Hall–Kier alpha value is -3.79. The minimum Gasteiger partial charge on any atom is -0.481 e. The number of hydrogen-bond donors (Lipinski definition) is 3. The highest BCUT2D eigenvalue weighted by Gasteiger charge is 2.65. The molecular formula is C28H28N2O5. The van der Waals surface area contributed by atoms with Crippen molar-refractivity contribution < 1.29 is 24.2 Å². The van der Waals surface area contributed by atoms with Gasteiger partial charge in [0, 0.05) is 18.4 Å². The molecular weight excluding hydrogens is 444 g/mol. The first-order valence-electron chi connectivity index (χ1n) is 12.0. The Morgan fingerprint density at radius 1 is 1.09 bits per heavy atom. The van der Waals surface area contributed by atoms with Gasteiger partial charge in [0.25, 0.3) is 0 Å². The van der Waals surface area contributed by atoms with E-state index in [1.165, 1.54) is 0 Å². The number of carbonyl (C=O) groups excluding carboxylic acids is 2. The van der Waals surface area contributed by atoms with E-state index >= 15 is 0 Å². The summed E-state index contributed by atoms with van der Waals surface area (Å²) < 4.78 is 5.59. The van der Waals surface area contributed by atoms with Crippen LogP contribution in [0.5, 0.6) is 0 Å². The van der Waals surface area contributed by atoms with Gasteiger partial charge < -0.3 is 20.5 Å². The molecule has 2 aromatic carbocycles. The molecule has 180 valence electrons. The van der Waals surface area contributed by atoms with Gasteiger partial charge in [-0.05, 0) is 54.4 Å². The van der Waals surface area contributed by atoms with Crippen LogP contribution in [0.1, 0.15) is 49.7 Å². The summed E-state index contributed by atoms with van der Waals surface area (Å²) in [6, 6.07) is 15.1. The smallest absolute Gasteiger partial charge is 0.407 e. The summed E-state index contributed by atoms with van der Waals surface area (Å²) in [5.74, 6) is 4.49. The van der Waals surface area contributed by atoms with Crippen molar-refractivity contribution >= 4 is 18.0 Å². The zero-order valence-corrected chi connectivity index (χ0v) is 19.5. The number of carboxylic acid groups (broad SMARTS) is 1. The van der Waals surface area contributed by atoms with E-state index in [4.69, 9.17) is 4.74 Å². The second-order valence-corrected chi connectivity index (χ2v) is 9.66. The third-order valence-electron chi connectivity index (χ3n) is 7.62. The maximum Gasteiger partial charge on any atom is 0.407 e. The molecule has 2 amide bonds. The lowest BCUT2D eigenvalue weighted by Gasteiger charge is -2.21. The Labute approximate surface area is 204 Å². The topological polar surface area (TPSA) is 105 Å². The molecule has 1 unspecified atom stereocenters. The number of fused-ring (bicyclic) bond motifs is 4. The zero-order valence-electron chi connectivity index (χ0n) is 19.5. The maximum absolute atomic E-state index is 12.9. The van der Waals surface area contributed by atoms with E-state index in [1.54, 1.807) is 6.92 Å². The molecule has 4 atom stereocenters. The summed E-state index contributed by atoms with van der Waals surface area (Å²) in [6.45, 7) is 1.82. The minimum absolute atomic E-state index is 0.0757. The Morgan fingerprint density at radius 3 is 2.34 bits per heavy atom. The molecule has 0 saturated heterocycles. The third kappa shape index (κ3) is 4.25. The molecule has 7 nitrogen and oxygen atoms in total. The first kappa shape index (κ1) is 23.0. The first-order chi connectivity index (χ1) is 16.9. The fourth-order valence-electron chi connectivity index (χ4n) is 5.76. The van der Waals surface area contributed by atoms with Gasteiger partial charge in [0.1, 0.15) is 12.6 Å². The number of carboxylic acids is 1. The van der Waals surface area contributed by atoms with Crippen LogP contribution in [-0.2, 0) is 14.3 Å². The van der Waals surface area contributed by atoms with E-state index in [2.05, 4.69) is 34.6 Å². The van der Waals surface area contributed by atoms with E-state index in [0.29, 0.717) is 19.3 Å². The lowest BCUT2D eigenvalue weighted by Crippen LogP contribution is -2.49. The van der Waals surface area contributed by atoms with Crippen LogP contribution in [-0.4, -0.2) is 41.8 Å². The molecule has 2 aromatic rings. The second-order valence-electron chi connectivity index (χ2n) is 9.66. The number of alkyl carbamates (subject to hydrolysis) is 1. The fraction of sp³-hybridized carbons (Fsp3) is 0.393. The number of carbonyl (C=O) groups is 3. The number of ether oxygens (including phenoxy) is 1. The van der Waals surface area contributed by atoms with Crippen molar-refractivity contribution in [2.24, 2.45) is 11.3 Å². The van der Waals surface area contributed by atoms with Gasteiger partial charge in [-0.1, -0.05) is 48.5 Å². The Balaban J connectivity index is 1.21. The number of rotatable bonds is 7. The van der Waals surface area contributed by atoms with E-state index < -0.39 is 23.5 Å². The van der Waals surface area contributed by atoms with Crippen molar-refractivity contribution in [1.82, 2.24) is 10.6 Å². The minimum atomic E-state index is -0.879. The van der Waals surface area contributed by atoms with E-state index in [1.807, 2.05) is 36.4 Å². The Morgan fingerprint density at radius 2 is 1.74 bits per heavy atom. The molecule has 3 N–H and O–H groups in total. The van der Waals surface area contributed by atoms with Crippen LogP contribution in [0.4, 0.5) is 4.79 Å². The molecule has 0 bridgehead atoms. The summed E-state index contributed by atoms with van der Waals surface area (Å²) in [7, 11) is 0.